The molecular formula is C23H35FIN7O. The molecule has 0 radical (unpaired) electrons. The number of nitrogens with zero attached hydrogens (tertiary/aromatic N) is 4. The fourth-order valence-electron chi connectivity index (χ4n) is 3.03. The Bertz CT molecular complexity index is 907. The lowest BCUT2D eigenvalue weighted by atomic mass is 10.1. The Balaban J connectivity index is 0.00000544. The van der Waals surface area contributed by atoms with Crippen molar-refractivity contribution >= 4 is 35.8 Å². The van der Waals surface area contributed by atoms with Crippen LogP contribution in [0.5, 0.6) is 0 Å². The topological polar surface area (TPSA) is 113 Å². The number of guanidine groups is 1. The largest absolute Gasteiger partial charge is 0.382 e. The molecule has 4 N–H and O–H groups in total. The van der Waals surface area contributed by atoms with Crippen molar-refractivity contribution in [3.8, 4) is 11.8 Å². The van der Waals surface area contributed by atoms with Gasteiger partial charge in [-0.15, -0.1) is 24.0 Å². The third-order valence-corrected chi connectivity index (χ3v) is 4.57. The van der Waals surface area contributed by atoms with Gasteiger partial charge in [0.15, 0.2) is 5.96 Å². The minimum Gasteiger partial charge on any atom is -0.382 e. The van der Waals surface area contributed by atoms with Gasteiger partial charge in [0.25, 0.3) is 0 Å². The number of rotatable bonds is 12. The van der Waals surface area contributed by atoms with Gasteiger partial charge in [0.05, 0.1) is 11.4 Å². The molecule has 0 spiro atoms. The summed E-state index contributed by atoms with van der Waals surface area (Å²) in [4.78, 5) is 4.59. The highest BCUT2D eigenvalue weighted by Crippen LogP contribution is 2.21. The van der Waals surface area contributed by atoms with Crippen molar-refractivity contribution in [3.05, 3.63) is 41.3 Å². The third-order valence-electron chi connectivity index (χ3n) is 4.57. The fraction of sp³-hybridized carbons (Fsp3) is 0.522. The maximum atomic E-state index is 13.2. The monoisotopic (exact) mass is 571 g/mol. The van der Waals surface area contributed by atoms with Crippen LogP contribution in [-0.2, 0) is 11.2 Å². The minimum atomic E-state index is -0.341. The molecule has 0 amide bonds. The van der Waals surface area contributed by atoms with Crippen molar-refractivity contribution < 1.29 is 9.13 Å². The summed E-state index contributed by atoms with van der Waals surface area (Å²) >= 11 is 0. The van der Waals surface area contributed by atoms with Crippen LogP contribution in [0.3, 0.4) is 0 Å². The highest BCUT2D eigenvalue weighted by atomic mass is 127. The lowest BCUT2D eigenvalue weighted by molar-refractivity contribution is 0.108. The van der Waals surface area contributed by atoms with E-state index in [1.54, 1.807) is 12.1 Å². The van der Waals surface area contributed by atoms with Gasteiger partial charge < -0.3 is 21.1 Å². The minimum absolute atomic E-state index is 0. The first-order valence-electron chi connectivity index (χ1n) is 11.1. The molecule has 182 valence electrons. The molecule has 8 nitrogen and oxygen atoms in total. The Kier molecular flexibility index (Phi) is 13.4. The molecule has 10 heteroatoms. The van der Waals surface area contributed by atoms with Crippen LogP contribution >= 0.6 is 24.0 Å². The maximum Gasteiger partial charge on any atom is 0.191 e. The number of anilines is 1. The normalized spacial score (nSPS) is 11.2. The molecule has 1 heterocycles. The zero-order valence-corrected chi connectivity index (χ0v) is 21.9. The third kappa shape index (κ3) is 9.55. The molecule has 0 saturated heterocycles. The average molecular weight is 571 g/mol. The van der Waals surface area contributed by atoms with Crippen molar-refractivity contribution in [3.63, 3.8) is 0 Å². The number of hydrogen-bond donors (Lipinski definition) is 3. The van der Waals surface area contributed by atoms with Gasteiger partial charge in [0.2, 0.25) is 0 Å². The van der Waals surface area contributed by atoms with Crippen LogP contribution in [0.4, 0.5) is 10.2 Å². The molecule has 33 heavy (non-hydrogen) atoms. The number of aliphatic imine (C=N–C) groups is 1. The van der Waals surface area contributed by atoms with E-state index in [-0.39, 0.29) is 35.6 Å². The van der Waals surface area contributed by atoms with Crippen LogP contribution in [-0.4, -0.2) is 48.6 Å². The number of ether oxygens (including phenoxy) is 1. The first-order chi connectivity index (χ1) is 15.5. The molecule has 1 aromatic heterocycles. The highest BCUT2D eigenvalue weighted by Gasteiger charge is 2.16. The number of aryl methyl sites for hydroxylation is 1. The number of nitriles is 1. The van der Waals surface area contributed by atoms with Crippen LogP contribution in [0, 0.1) is 23.1 Å². The number of nitrogens with two attached hydrogens (primary N) is 1. The van der Waals surface area contributed by atoms with Crippen LogP contribution in [0.15, 0.2) is 29.3 Å². The number of aromatic nitrogens is 2. The Labute approximate surface area is 212 Å². The molecule has 2 rings (SSSR count). The van der Waals surface area contributed by atoms with E-state index in [2.05, 4.69) is 40.6 Å². The molecule has 0 aliphatic rings. The second-order valence-corrected chi connectivity index (χ2v) is 7.82. The summed E-state index contributed by atoms with van der Waals surface area (Å²) in [6.07, 6.45) is 2.18. The second kappa shape index (κ2) is 15.4. The van der Waals surface area contributed by atoms with Crippen LogP contribution in [0.2, 0.25) is 0 Å². The summed E-state index contributed by atoms with van der Waals surface area (Å²) < 4.78 is 20.3. The Morgan fingerprint density at radius 1 is 1.27 bits per heavy atom. The van der Waals surface area contributed by atoms with Gasteiger partial charge in [0, 0.05) is 32.8 Å². The van der Waals surface area contributed by atoms with Crippen molar-refractivity contribution in [1.29, 1.82) is 5.26 Å². The first-order valence-corrected chi connectivity index (χ1v) is 11.1. The summed E-state index contributed by atoms with van der Waals surface area (Å²) in [5, 5.41) is 20.5. The predicted molar refractivity (Wildman–Crippen MR) is 141 cm³/mol. The van der Waals surface area contributed by atoms with Gasteiger partial charge in [-0.1, -0.05) is 13.8 Å². The second-order valence-electron chi connectivity index (χ2n) is 7.82. The van der Waals surface area contributed by atoms with E-state index in [0.29, 0.717) is 42.2 Å². The number of halogens is 2. The predicted octanol–water partition coefficient (Wildman–Crippen LogP) is 3.63. The highest BCUT2D eigenvalue weighted by molar-refractivity contribution is 14.0. The Hall–Kier alpha value is -2.39. The molecule has 0 fully saturated rings. The van der Waals surface area contributed by atoms with Gasteiger partial charge in [-0.2, -0.15) is 10.4 Å². The molecule has 1 aromatic carbocycles. The van der Waals surface area contributed by atoms with Crippen molar-refractivity contribution in [2.24, 2.45) is 10.9 Å². The van der Waals surface area contributed by atoms with E-state index in [4.69, 9.17) is 10.5 Å². The standard InChI is InChI=1S/C23H34FN7O.HI/c1-4-27-23(29-13-6-14-32-16-17(2)3)28-12-5-7-21-20(15-25)22(26)31(30-21)19-10-8-18(24)9-11-19;/h8-11,17H,4-7,12-14,16,26H2,1-3H3,(H2,27,28,29);1H. The molecule has 0 aliphatic carbocycles. The summed E-state index contributed by atoms with van der Waals surface area (Å²) in [5.41, 5.74) is 7.69. The molecule has 0 unspecified atom stereocenters. The van der Waals surface area contributed by atoms with Crippen LogP contribution < -0.4 is 16.4 Å². The van der Waals surface area contributed by atoms with E-state index in [1.807, 2.05) is 6.92 Å². The number of nitrogens with one attached hydrogen (secondary N) is 2. The number of nitrogen functional groups attached to an aromatic ring is 1. The van der Waals surface area contributed by atoms with E-state index < -0.39 is 0 Å². The van der Waals surface area contributed by atoms with Crippen LogP contribution in [0.1, 0.15) is 44.9 Å². The molecule has 0 bridgehead atoms. The summed E-state index contributed by atoms with van der Waals surface area (Å²) in [5.74, 6) is 1.22. The Morgan fingerprint density at radius 3 is 2.64 bits per heavy atom. The number of benzene rings is 1. The van der Waals surface area contributed by atoms with Crippen molar-refractivity contribution in [2.45, 2.75) is 40.0 Å². The van der Waals surface area contributed by atoms with Gasteiger partial charge in [0.1, 0.15) is 23.3 Å². The zero-order valence-electron chi connectivity index (χ0n) is 19.6. The molecule has 0 saturated carbocycles. The summed E-state index contributed by atoms with van der Waals surface area (Å²) in [6, 6.07) is 7.96. The van der Waals surface area contributed by atoms with Crippen LogP contribution in [0.25, 0.3) is 5.69 Å². The Morgan fingerprint density at radius 2 is 2.00 bits per heavy atom. The molecule has 0 atom stereocenters. The zero-order chi connectivity index (χ0) is 23.3. The van der Waals surface area contributed by atoms with Crippen molar-refractivity contribution in [2.75, 3.05) is 38.6 Å². The SMILES string of the molecule is CCNC(=NCCCc1nn(-c2ccc(F)cc2)c(N)c1C#N)NCCCOCC(C)C.I. The lowest BCUT2D eigenvalue weighted by Crippen LogP contribution is -2.38. The van der Waals surface area contributed by atoms with Gasteiger partial charge in [-0.05, 0) is 56.4 Å². The molecular weight excluding hydrogens is 536 g/mol. The van der Waals surface area contributed by atoms with Gasteiger partial charge >= 0.3 is 0 Å². The van der Waals surface area contributed by atoms with Crippen molar-refractivity contribution in [1.82, 2.24) is 20.4 Å². The number of hydrogen-bond acceptors (Lipinski definition) is 5. The van der Waals surface area contributed by atoms with Gasteiger partial charge in [-0.3, -0.25) is 4.99 Å². The van der Waals surface area contributed by atoms with E-state index in [9.17, 15) is 9.65 Å². The first kappa shape index (κ1) is 28.6. The maximum absolute atomic E-state index is 13.2. The molecule has 0 aliphatic heterocycles. The smallest absolute Gasteiger partial charge is 0.191 e. The van der Waals surface area contributed by atoms with E-state index in [1.165, 1.54) is 16.8 Å². The lowest BCUT2D eigenvalue weighted by Gasteiger charge is -2.11. The van der Waals surface area contributed by atoms with E-state index in [0.717, 1.165) is 38.7 Å². The summed E-state index contributed by atoms with van der Waals surface area (Å²) in [7, 11) is 0. The quantitative estimate of drug-likeness (QED) is 0.155. The fourth-order valence-corrected chi connectivity index (χ4v) is 3.03. The molecule has 2 aromatic rings. The average Bonchev–Trinajstić information content (AvgIpc) is 3.09. The van der Waals surface area contributed by atoms with E-state index >= 15 is 0 Å². The van der Waals surface area contributed by atoms with Gasteiger partial charge in [-0.25, -0.2) is 9.07 Å². The summed E-state index contributed by atoms with van der Waals surface area (Å²) in [6.45, 7) is 9.92.